The molecule has 1 N–H and O–H groups in total. The largest absolute Gasteiger partial charge is 0.378 e. The topological polar surface area (TPSA) is 61.9 Å². The number of rotatable bonds is 6. The van der Waals surface area contributed by atoms with E-state index in [0.29, 0.717) is 26.3 Å². The standard InChI is InChI=1S/C19H29N3O3/c1-14-5-6-17(11-15(14)2)16(3)20-18(23)12-21(4)13-19(24)22-7-9-25-10-8-22/h5-6,11,16H,7-10,12-13H2,1-4H3,(H,20,23). The highest BCUT2D eigenvalue weighted by Gasteiger charge is 2.19. The van der Waals surface area contributed by atoms with E-state index in [9.17, 15) is 9.59 Å². The van der Waals surface area contributed by atoms with E-state index in [0.717, 1.165) is 5.56 Å². The molecule has 1 aliphatic heterocycles. The van der Waals surface area contributed by atoms with Gasteiger partial charge in [0.15, 0.2) is 0 Å². The summed E-state index contributed by atoms with van der Waals surface area (Å²) in [6.45, 7) is 8.98. The number of benzene rings is 1. The summed E-state index contributed by atoms with van der Waals surface area (Å²) in [5, 5.41) is 3.00. The van der Waals surface area contributed by atoms with E-state index < -0.39 is 0 Å². The van der Waals surface area contributed by atoms with Gasteiger partial charge in [0, 0.05) is 13.1 Å². The van der Waals surface area contributed by atoms with E-state index >= 15 is 0 Å². The van der Waals surface area contributed by atoms with Crippen molar-refractivity contribution < 1.29 is 14.3 Å². The van der Waals surface area contributed by atoms with Crippen molar-refractivity contribution in [2.45, 2.75) is 26.8 Å². The second-order valence-corrected chi connectivity index (χ2v) is 6.80. The number of nitrogens with one attached hydrogen (secondary N) is 1. The molecule has 1 atom stereocenters. The van der Waals surface area contributed by atoms with Crippen molar-refractivity contribution in [3.05, 3.63) is 34.9 Å². The first-order valence-electron chi connectivity index (χ1n) is 8.77. The molecular weight excluding hydrogens is 318 g/mol. The van der Waals surface area contributed by atoms with Crippen LogP contribution in [0.3, 0.4) is 0 Å². The minimum absolute atomic E-state index is 0.0424. The Morgan fingerprint density at radius 3 is 2.52 bits per heavy atom. The molecule has 6 heteroatoms. The Labute approximate surface area is 150 Å². The molecular formula is C19H29N3O3. The van der Waals surface area contributed by atoms with Crippen molar-refractivity contribution in [3.63, 3.8) is 0 Å². The quantitative estimate of drug-likeness (QED) is 0.842. The molecule has 0 spiro atoms. The van der Waals surface area contributed by atoms with Crippen LogP contribution in [0, 0.1) is 13.8 Å². The van der Waals surface area contributed by atoms with Gasteiger partial charge in [-0.2, -0.15) is 0 Å². The zero-order chi connectivity index (χ0) is 18.4. The first kappa shape index (κ1) is 19.4. The molecule has 0 saturated carbocycles. The molecule has 1 fully saturated rings. The monoisotopic (exact) mass is 347 g/mol. The van der Waals surface area contributed by atoms with Crippen LogP contribution < -0.4 is 5.32 Å². The van der Waals surface area contributed by atoms with Crippen LogP contribution in [0.1, 0.15) is 29.7 Å². The molecule has 1 saturated heterocycles. The Balaban J connectivity index is 1.80. The van der Waals surface area contributed by atoms with Gasteiger partial charge in [0.2, 0.25) is 11.8 Å². The van der Waals surface area contributed by atoms with Crippen molar-refractivity contribution >= 4 is 11.8 Å². The summed E-state index contributed by atoms with van der Waals surface area (Å²) in [6, 6.07) is 6.15. The van der Waals surface area contributed by atoms with Crippen LogP contribution in [-0.4, -0.2) is 68.1 Å². The summed E-state index contributed by atoms with van der Waals surface area (Å²) < 4.78 is 5.25. The Bertz CT molecular complexity index is 612. The number of carbonyl (C=O) groups is 2. The smallest absolute Gasteiger partial charge is 0.236 e. The number of morpholine rings is 1. The minimum atomic E-state index is -0.0806. The summed E-state index contributed by atoms with van der Waals surface area (Å²) in [5.74, 6) is -0.0381. The summed E-state index contributed by atoms with van der Waals surface area (Å²) >= 11 is 0. The number of ether oxygens (including phenoxy) is 1. The number of likely N-dealkylation sites (N-methyl/N-ethyl adjacent to an activating group) is 1. The van der Waals surface area contributed by atoms with Gasteiger partial charge in [-0.3, -0.25) is 14.5 Å². The Morgan fingerprint density at radius 2 is 1.88 bits per heavy atom. The third-order valence-corrected chi connectivity index (χ3v) is 4.59. The van der Waals surface area contributed by atoms with E-state index in [4.69, 9.17) is 4.74 Å². The lowest BCUT2D eigenvalue weighted by Crippen LogP contribution is -2.46. The zero-order valence-electron chi connectivity index (χ0n) is 15.7. The number of nitrogens with zero attached hydrogens (tertiary/aromatic N) is 2. The Hall–Kier alpha value is -1.92. The lowest BCUT2D eigenvalue weighted by atomic mass is 10.0. The molecule has 25 heavy (non-hydrogen) atoms. The van der Waals surface area contributed by atoms with Crippen LogP contribution in [0.25, 0.3) is 0 Å². The Morgan fingerprint density at radius 1 is 1.20 bits per heavy atom. The van der Waals surface area contributed by atoms with E-state index in [-0.39, 0.29) is 30.9 Å². The van der Waals surface area contributed by atoms with E-state index in [1.807, 2.05) is 13.0 Å². The molecule has 138 valence electrons. The fraction of sp³-hybridized carbons (Fsp3) is 0.579. The predicted octanol–water partition coefficient (Wildman–Crippen LogP) is 1.27. The third kappa shape index (κ3) is 5.83. The summed E-state index contributed by atoms with van der Waals surface area (Å²) in [5.41, 5.74) is 3.54. The maximum Gasteiger partial charge on any atom is 0.236 e. The fourth-order valence-corrected chi connectivity index (χ4v) is 2.85. The van der Waals surface area contributed by atoms with E-state index in [1.165, 1.54) is 11.1 Å². The molecule has 2 rings (SSSR count). The fourth-order valence-electron chi connectivity index (χ4n) is 2.85. The molecule has 2 amide bonds. The minimum Gasteiger partial charge on any atom is -0.378 e. The molecule has 0 aliphatic carbocycles. The van der Waals surface area contributed by atoms with E-state index in [1.54, 1.807) is 16.8 Å². The Kier molecular flexibility index (Phi) is 6.96. The maximum atomic E-state index is 12.2. The first-order valence-corrected chi connectivity index (χ1v) is 8.77. The van der Waals surface area contributed by atoms with Gasteiger partial charge in [-0.15, -0.1) is 0 Å². The second kappa shape index (κ2) is 8.97. The van der Waals surface area contributed by atoms with Gasteiger partial charge < -0.3 is 15.0 Å². The van der Waals surface area contributed by atoms with Crippen LogP contribution in [0.15, 0.2) is 18.2 Å². The van der Waals surface area contributed by atoms with Crippen LogP contribution in [0.5, 0.6) is 0 Å². The highest BCUT2D eigenvalue weighted by Crippen LogP contribution is 2.16. The lowest BCUT2D eigenvalue weighted by molar-refractivity contribution is -0.136. The van der Waals surface area contributed by atoms with Gasteiger partial charge in [0.05, 0.1) is 32.3 Å². The van der Waals surface area contributed by atoms with Gasteiger partial charge in [-0.25, -0.2) is 0 Å². The SMILES string of the molecule is Cc1ccc(C(C)NC(=O)CN(C)CC(=O)N2CCOCC2)cc1C. The zero-order valence-corrected chi connectivity index (χ0v) is 15.7. The molecule has 0 radical (unpaired) electrons. The normalized spacial score (nSPS) is 16.0. The van der Waals surface area contributed by atoms with Crippen molar-refractivity contribution in [2.75, 3.05) is 46.4 Å². The van der Waals surface area contributed by atoms with Gasteiger partial charge in [0.25, 0.3) is 0 Å². The van der Waals surface area contributed by atoms with Gasteiger partial charge >= 0.3 is 0 Å². The summed E-state index contributed by atoms with van der Waals surface area (Å²) in [6.07, 6.45) is 0. The van der Waals surface area contributed by atoms with Gasteiger partial charge in [-0.1, -0.05) is 18.2 Å². The number of aryl methyl sites for hydroxylation is 2. The number of hydrogen-bond donors (Lipinski definition) is 1. The first-order chi connectivity index (χ1) is 11.9. The highest BCUT2D eigenvalue weighted by atomic mass is 16.5. The van der Waals surface area contributed by atoms with E-state index in [2.05, 4.69) is 31.3 Å². The average Bonchev–Trinajstić information content (AvgIpc) is 2.57. The van der Waals surface area contributed by atoms with Crippen LogP contribution in [0.2, 0.25) is 0 Å². The van der Waals surface area contributed by atoms with Crippen LogP contribution in [-0.2, 0) is 14.3 Å². The molecule has 1 aliphatic rings. The molecule has 6 nitrogen and oxygen atoms in total. The molecule has 1 unspecified atom stereocenters. The number of carbonyl (C=O) groups excluding carboxylic acids is 2. The predicted molar refractivity (Wildman–Crippen MR) is 97.4 cm³/mol. The number of amides is 2. The molecule has 1 heterocycles. The van der Waals surface area contributed by atoms with Gasteiger partial charge in [0.1, 0.15) is 0 Å². The molecule has 1 aromatic carbocycles. The van der Waals surface area contributed by atoms with Crippen molar-refractivity contribution in [1.82, 2.24) is 15.1 Å². The van der Waals surface area contributed by atoms with Crippen LogP contribution >= 0.6 is 0 Å². The maximum absolute atomic E-state index is 12.2. The number of hydrogen-bond acceptors (Lipinski definition) is 4. The highest BCUT2D eigenvalue weighted by molar-refractivity contribution is 5.81. The molecule has 0 aromatic heterocycles. The van der Waals surface area contributed by atoms with Crippen LogP contribution in [0.4, 0.5) is 0 Å². The van der Waals surface area contributed by atoms with Crippen molar-refractivity contribution in [1.29, 1.82) is 0 Å². The summed E-state index contributed by atoms with van der Waals surface area (Å²) in [7, 11) is 1.79. The van der Waals surface area contributed by atoms with Gasteiger partial charge in [-0.05, 0) is 44.5 Å². The lowest BCUT2D eigenvalue weighted by Gasteiger charge is -2.28. The third-order valence-electron chi connectivity index (χ3n) is 4.59. The average molecular weight is 347 g/mol. The van der Waals surface area contributed by atoms with Crippen molar-refractivity contribution in [2.24, 2.45) is 0 Å². The second-order valence-electron chi connectivity index (χ2n) is 6.80. The molecule has 1 aromatic rings. The summed E-state index contributed by atoms with van der Waals surface area (Å²) in [4.78, 5) is 28.0. The molecule has 0 bridgehead atoms. The van der Waals surface area contributed by atoms with Crippen molar-refractivity contribution in [3.8, 4) is 0 Å².